The predicted molar refractivity (Wildman–Crippen MR) is 121 cm³/mol. The van der Waals surface area contributed by atoms with E-state index in [9.17, 15) is 0 Å². The lowest BCUT2D eigenvalue weighted by Gasteiger charge is -2.36. The molecule has 4 heterocycles. The maximum atomic E-state index is 6.62. The molecule has 0 bridgehead atoms. The molecule has 2 aliphatic heterocycles. The molecule has 0 radical (unpaired) electrons. The van der Waals surface area contributed by atoms with Gasteiger partial charge < -0.3 is 19.1 Å². The quantitative estimate of drug-likeness (QED) is 0.643. The van der Waals surface area contributed by atoms with Crippen LogP contribution in [0.2, 0.25) is 5.02 Å². The van der Waals surface area contributed by atoms with E-state index in [0.29, 0.717) is 36.3 Å². The van der Waals surface area contributed by atoms with Gasteiger partial charge in [0.2, 0.25) is 11.7 Å². The van der Waals surface area contributed by atoms with Crippen molar-refractivity contribution < 1.29 is 9.26 Å². The first-order valence-electron chi connectivity index (χ1n) is 11.2. The summed E-state index contributed by atoms with van der Waals surface area (Å²) < 4.78 is 13.5. The first-order chi connectivity index (χ1) is 15.1. The molecule has 0 aliphatic carbocycles. The fourth-order valence-corrected chi connectivity index (χ4v) is 5.05. The Balaban J connectivity index is 1.43. The summed E-state index contributed by atoms with van der Waals surface area (Å²) in [5.41, 5.74) is 2.02. The van der Waals surface area contributed by atoms with E-state index in [2.05, 4.69) is 46.1 Å². The van der Waals surface area contributed by atoms with Crippen molar-refractivity contribution in [3.63, 3.8) is 0 Å². The van der Waals surface area contributed by atoms with E-state index in [1.54, 1.807) is 0 Å². The van der Waals surface area contributed by atoms with Gasteiger partial charge in [-0.1, -0.05) is 28.9 Å². The molecule has 2 saturated heterocycles. The molecule has 7 nitrogen and oxygen atoms in total. The number of piperazine rings is 1. The zero-order chi connectivity index (χ0) is 21.4. The number of para-hydroxylation sites is 1. The van der Waals surface area contributed by atoms with Crippen molar-refractivity contribution in [1.29, 1.82) is 0 Å². The Morgan fingerprint density at radius 2 is 2.06 bits per heavy atom. The summed E-state index contributed by atoms with van der Waals surface area (Å²) in [6.07, 6.45) is 4.29. The zero-order valence-corrected chi connectivity index (χ0v) is 18.9. The first-order valence-corrected chi connectivity index (χ1v) is 11.6. The molecule has 0 unspecified atom stereocenters. The van der Waals surface area contributed by atoms with Gasteiger partial charge in [-0.05, 0) is 38.7 Å². The van der Waals surface area contributed by atoms with E-state index in [1.165, 1.54) is 0 Å². The molecule has 0 saturated carbocycles. The lowest BCUT2D eigenvalue weighted by atomic mass is 10.0. The Labute approximate surface area is 187 Å². The van der Waals surface area contributed by atoms with Crippen molar-refractivity contribution in [2.75, 3.05) is 26.3 Å². The van der Waals surface area contributed by atoms with Gasteiger partial charge >= 0.3 is 0 Å². The highest BCUT2D eigenvalue weighted by molar-refractivity contribution is 6.35. The van der Waals surface area contributed by atoms with Crippen molar-refractivity contribution >= 4 is 22.5 Å². The van der Waals surface area contributed by atoms with Crippen molar-refractivity contribution in [2.24, 2.45) is 5.92 Å². The molecule has 5 rings (SSSR count). The monoisotopic (exact) mass is 443 g/mol. The molecule has 2 fully saturated rings. The molecular formula is C23H30ClN5O2. The second-order valence-electron chi connectivity index (χ2n) is 8.99. The summed E-state index contributed by atoms with van der Waals surface area (Å²) in [5, 5.41) is 9.66. The Morgan fingerprint density at radius 1 is 1.23 bits per heavy atom. The average Bonchev–Trinajstić information content (AvgIpc) is 3.37. The van der Waals surface area contributed by atoms with Crippen molar-refractivity contribution in [3.8, 4) is 11.4 Å². The van der Waals surface area contributed by atoms with E-state index in [0.717, 1.165) is 67.2 Å². The van der Waals surface area contributed by atoms with E-state index in [4.69, 9.17) is 25.8 Å². The van der Waals surface area contributed by atoms with Gasteiger partial charge in [0.25, 0.3) is 0 Å². The van der Waals surface area contributed by atoms with Crippen LogP contribution in [0.25, 0.3) is 22.3 Å². The molecule has 1 aromatic carbocycles. The van der Waals surface area contributed by atoms with Crippen molar-refractivity contribution in [1.82, 2.24) is 24.9 Å². The summed E-state index contributed by atoms with van der Waals surface area (Å²) in [7, 11) is 0. The third-order valence-corrected chi connectivity index (χ3v) is 6.89. The molecule has 2 atom stereocenters. The number of hydrogen-bond acceptors (Lipinski definition) is 6. The second kappa shape index (κ2) is 8.90. The molecule has 3 aromatic rings. The Kier molecular flexibility index (Phi) is 6.01. The molecule has 0 amide bonds. The number of nitrogens with zero attached hydrogens (tertiary/aromatic N) is 4. The van der Waals surface area contributed by atoms with Crippen LogP contribution in [-0.2, 0) is 17.8 Å². The van der Waals surface area contributed by atoms with Gasteiger partial charge in [-0.2, -0.15) is 4.98 Å². The van der Waals surface area contributed by atoms with Crippen LogP contribution < -0.4 is 5.32 Å². The highest BCUT2D eigenvalue weighted by Crippen LogP contribution is 2.34. The van der Waals surface area contributed by atoms with Crippen LogP contribution in [0.1, 0.15) is 32.6 Å². The van der Waals surface area contributed by atoms with Gasteiger partial charge in [0.1, 0.15) is 0 Å². The number of halogens is 1. The average molecular weight is 444 g/mol. The highest BCUT2D eigenvalue weighted by atomic mass is 35.5. The van der Waals surface area contributed by atoms with Crippen molar-refractivity contribution in [3.05, 3.63) is 35.3 Å². The van der Waals surface area contributed by atoms with E-state index < -0.39 is 0 Å². The standard InChI is InChI=1S/C23H30ClN5O2/c1-15-11-28(16(2)10-25-15)14-21-26-23(27-31-21)19-13-29(12-17-6-8-30-9-7-17)22-18(19)4-3-5-20(22)24/h3-5,13,15-17,25H,6-12,14H2,1-2H3/t15-,16+/m1/s1. The minimum absolute atomic E-state index is 0.437. The van der Waals surface area contributed by atoms with Gasteiger partial charge in [-0.15, -0.1) is 0 Å². The summed E-state index contributed by atoms with van der Waals surface area (Å²) in [6.45, 7) is 9.63. The number of fused-ring (bicyclic) bond motifs is 1. The number of rotatable bonds is 5. The molecular weight excluding hydrogens is 414 g/mol. The SMILES string of the molecule is C[C@@H]1CN(Cc2nc(-c3cn(CC4CCOCC4)c4c(Cl)cccc34)no2)[C@@H](C)CN1. The number of aromatic nitrogens is 3. The Morgan fingerprint density at radius 3 is 2.90 bits per heavy atom. The molecule has 2 aromatic heterocycles. The number of benzene rings is 1. The molecule has 8 heteroatoms. The third kappa shape index (κ3) is 4.37. The van der Waals surface area contributed by atoms with E-state index in [1.807, 2.05) is 12.1 Å². The van der Waals surface area contributed by atoms with Crippen LogP contribution >= 0.6 is 11.6 Å². The fourth-order valence-electron chi connectivity index (χ4n) is 4.76. The van der Waals surface area contributed by atoms with Crippen LogP contribution in [0, 0.1) is 5.92 Å². The molecule has 2 aliphatic rings. The smallest absolute Gasteiger partial charge is 0.241 e. The van der Waals surface area contributed by atoms with E-state index >= 15 is 0 Å². The summed E-state index contributed by atoms with van der Waals surface area (Å²) >= 11 is 6.62. The summed E-state index contributed by atoms with van der Waals surface area (Å²) in [6, 6.07) is 6.92. The van der Waals surface area contributed by atoms with Gasteiger partial charge in [0, 0.05) is 62.1 Å². The maximum absolute atomic E-state index is 6.62. The predicted octanol–water partition coefficient (Wildman–Crippen LogP) is 3.95. The van der Waals surface area contributed by atoms with Crippen LogP contribution in [0.3, 0.4) is 0 Å². The molecule has 31 heavy (non-hydrogen) atoms. The Hall–Kier alpha value is -1.93. The Bertz CT molecular complexity index is 1040. The zero-order valence-electron chi connectivity index (χ0n) is 18.2. The molecule has 0 spiro atoms. The second-order valence-corrected chi connectivity index (χ2v) is 9.39. The van der Waals surface area contributed by atoms with Crippen LogP contribution in [0.15, 0.2) is 28.9 Å². The van der Waals surface area contributed by atoms with Crippen LogP contribution in [0.5, 0.6) is 0 Å². The number of ether oxygens (including phenoxy) is 1. The normalized spacial score (nSPS) is 23.6. The topological polar surface area (TPSA) is 68.4 Å². The number of hydrogen-bond donors (Lipinski definition) is 1. The molecule has 166 valence electrons. The van der Waals surface area contributed by atoms with Crippen LogP contribution in [-0.4, -0.2) is 58.0 Å². The summed E-state index contributed by atoms with van der Waals surface area (Å²) in [4.78, 5) is 7.15. The summed E-state index contributed by atoms with van der Waals surface area (Å²) in [5.74, 6) is 1.87. The third-order valence-electron chi connectivity index (χ3n) is 6.59. The largest absolute Gasteiger partial charge is 0.381 e. The maximum Gasteiger partial charge on any atom is 0.241 e. The van der Waals surface area contributed by atoms with Gasteiger partial charge in [-0.25, -0.2) is 0 Å². The number of nitrogens with one attached hydrogen (secondary N) is 1. The first kappa shape index (κ1) is 20.9. The van der Waals surface area contributed by atoms with E-state index in [-0.39, 0.29) is 0 Å². The van der Waals surface area contributed by atoms with Crippen LogP contribution in [0.4, 0.5) is 0 Å². The van der Waals surface area contributed by atoms with Crippen molar-refractivity contribution in [2.45, 2.75) is 51.9 Å². The highest BCUT2D eigenvalue weighted by Gasteiger charge is 2.25. The lowest BCUT2D eigenvalue weighted by Crippen LogP contribution is -2.53. The van der Waals surface area contributed by atoms with Gasteiger partial charge in [0.15, 0.2) is 0 Å². The lowest BCUT2D eigenvalue weighted by molar-refractivity contribution is 0.0616. The fraction of sp³-hybridized carbons (Fsp3) is 0.565. The minimum Gasteiger partial charge on any atom is -0.381 e. The van der Waals surface area contributed by atoms with Gasteiger partial charge in [-0.3, -0.25) is 4.90 Å². The minimum atomic E-state index is 0.437. The molecule has 1 N–H and O–H groups in total. The van der Waals surface area contributed by atoms with Gasteiger partial charge in [0.05, 0.1) is 17.1 Å².